The van der Waals surface area contributed by atoms with E-state index in [1.54, 1.807) is 20.1 Å². The van der Waals surface area contributed by atoms with E-state index in [9.17, 15) is 9.59 Å². The lowest BCUT2D eigenvalue weighted by atomic mass is 10.1. The van der Waals surface area contributed by atoms with E-state index in [1.165, 1.54) is 18.7 Å². The van der Waals surface area contributed by atoms with Crippen molar-refractivity contribution in [2.75, 3.05) is 5.75 Å². The van der Waals surface area contributed by atoms with Gasteiger partial charge in [-0.3, -0.25) is 9.59 Å². The Hall–Kier alpha value is -2.61. The molecule has 0 amide bonds. The molecule has 0 unspecified atom stereocenters. The zero-order valence-corrected chi connectivity index (χ0v) is 16.2. The van der Waals surface area contributed by atoms with Crippen molar-refractivity contribution in [3.63, 3.8) is 0 Å². The van der Waals surface area contributed by atoms with Gasteiger partial charge in [-0.05, 0) is 39.3 Å². The molecule has 0 atom stereocenters. The monoisotopic (exact) mass is 372 g/mol. The molecule has 0 radical (unpaired) electrons. The molecule has 0 aliphatic carbocycles. The van der Waals surface area contributed by atoms with Crippen LogP contribution < -0.4 is 0 Å². The van der Waals surface area contributed by atoms with Crippen LogP contribution in [0.15, 0.2) is 21.9 Å². The Balaban J connectivity index is 1.77. The highest BCUT2D eigenvalue weighted by atomic mass is 32.2. The summed E-state index contributed by atoms with van der Waals surface area (Å²) >= 11 is 1.31. The van der Waals surface area contributed by atoms with Crippen LogP contribution in [0.3, 0.4) is 0 Å². The van der Waals surface area contributed by atoms with E-state index in [4.69, 9.17) is 4.42 Å². The molecule has 7 nitrogen and oxygen atoms in total. The second-order valence-corrected chi connectivity index (χ2v) is 7.09. The van der Waals surface area contributed by atoms with E-state index in [0.29, 0.717) is 27.8 Å². The number of carbonyl (C=O) groups excluding carboxylic acids is 2. The predicted molar refractivity (Wildman–Crippen MR) is 98.8 cm³/mol. The molecule has 0 aromatic carbocycles. The van der Waals surface area contributed by atoms with Gasteiger partial charge in [0.2, 0.25) is 0 Å². The summed E-state index contributed by atoms with van der Waals surface area (Å²) in [5.74, 6) is 1.54. The summed E-state index contributed by atoms with van der Waals surface area (Å²) < 4.78 is 7.15. The normalized spacial score (nSPS) is 11.1. The van der Waals surface area contributed by atoms with Crippen LogP contribution in [0.2, 0.25) is 0 Å². The summed E-state index contributed by atoms with van der Waals surface area (Å²) in [6.45, 7) is 6.96. The van der Waals surface area contributed by atoms with E-state index in [1.807, 2.05) is 24.6 Å². The van der Waals surface area contributed by atoms with Crippen LogP contribution in [0.25, 0.3) is 11.4 Å². The zero-order chi connectivity index (χ0) is 19.0. The van der Waals surface area contributed by atoms with Crippen LogP contribution in [-0.4, -0.2) is 37.1 Å². The van der Waals surface area contributed by atoms with Crippen LogP contribution in [0, 0.1) is 20.8 Å². The number of nitrogens with zero attached hydrogens (tertiary/aromatic N) is 3. The number of H-pyrrole nitrogens is 1. The minimum absolute atomic E-state index is 0.0450. The molecule has 0 aliphatic rings. The maximum Gasteiger partial charge on any atom is 0.191 e. The fourth-order valence-corrected chi connectivity index (χ4v) is 3.83. The van der Waals surface area contributed by atoms with Gasteiger partial charge in [0.15, 0.2) is 22.5 Å². The summed E-state index contributed by atoms with van der Waals surface area (Å²) in [5, 5.41) is 9.01. The summed E-state index contributed by atoms with van der Waals surface area (Å²) in [6.07, 6.45) is 1.61. The van der Waals surface area contributed by atoms with E-state index in [0.717, 1.165) is 17.0 Å². The van der Waals surface area contributed by atoms with Crippen LogP contribution in [0.1, 0.15) is 44.8 Å². The molecule has 0 saturated carbocycles. The minimum atomic E-state index is -0.0767. The van der Waals surface area contributed by atoms with Crippen molar-refractivity contribution in [3.8, 4) is 11.4 Å². The first-order chi connectivity index (χ1) is 12.3. The first-order valence-corrected chi connectivity index (χ1v) is 9.09. The van der Waals surface area contributed by atoms with E-state index < -0.39 is 0 Å². The van der Waals surface area contributed by atoms with Gasteiger partial charge in [-0.15, -0.1) is 10.2 Å². The van der Waals surface area contributed by atoms with E-state index in [-0.39, 0.29) is 17.3 Å². The maximum absolute atomic E-state index is 12.6. The summed E-state index contributed by atoms with van der Waals surface area (Å²) in [6, 6.07) is 1.84. The number of aryl methyl sites for hydroxylation is 2. The molecule has 3 aromatic heterocycles. The summed E-state index contributed by atoms with van der Waals surface area (Å²) in [7, 11) is 1.85. The number of Topliss-reactive ketones (excluding diaryl/α,β-unsaturated/α-hetero) is 2. The molecule has 0 bridgehead atoms. The van der Waals surface area contributed by atoms with Crippen molar-refractivity contribution in [3.05, 3.63) is 40.6 Å². The third-order valence-electron chi connectivity index (χ3n) is 4.34. The Morgan fingerprint density at radius 1 is 1.27 bits per heavy atom. The van der Waals surface area contributed by atoms with Gasteiger partial charge in [0.05, 0.1) is 23.3 Å². The number of rotatable bonds is 6. The average molecular weight is 372 g/mol. The minimum Gasteiger partial charge on any atom is -0.469 e. The van der Waals surface area contributed by atoms with Gasteiger partial charge in [-0.2, -0.15) is 0 Å². The first-order valence-electron chi connectivity index (χ1n) is 8.11. The van der Waals surface area contributed by atoms with Crippen LogP contribution >= 0.6 is 11.8 Å². The first kappa shape index (κ1) is 18.2. The molecular formula is C18H20N4O3S. The second kappa shape index (κ2) is 6.95. The molecule has 0 aliphatic heterocycles. The SMILES string of the molecule is CC(=O)c1c(C)[nH]c(C(=O)CSc2nnc(-c3ccoc3C)n2C)c1C. The Morgan fingerprint density at radius 2 is 2.00 bits per heavy atom. The molecular weight excluding hydrogens is 352 g/mol. The maximum atomic E-state index is 12.6. The third kappa shape index (κ3) is 3.12. The van der Waals surface area contributed by atoms with Crippen molar-refractivity contribution in [1.29, 1.82) is 0 Å². The van der Waals surface area contributed by atoms with Crippen molar-refractivity contribution < 1.29 is 14.0 Å². The van der Waals surface area contributed by atoms with Crippen molar-refractivity contribution in [1.82, 2.24) is 19.7 Å². The lowest BCUT2D eigenvalue weighted by Gasteiger charge is -2.03. The number of ketones is 2. The number of hydrogen-bond acceptors (Lipinski definition) is 6. The zero-order valence-electron chi connectivity index (χ0n) is 15.3. The van der Waals surface area contributed by atoms with Crippen LogP contribution in [-0.2, 0) is 7.05 Å². The lowest BCUT2D eigenvalue weighted by molar-refractivity contribution is 0.101. The molecule has 1 N–H and O–H groups in total. The molecule has 8 heteroatoms. The standard InChI is InChI=1S/C18H20N4O3S/c1-9-15(11(3)23)10(2)19-16(9)14(24)8-26-18-21-20-17(22(18)5)13-6-7-25-12(13)4/h6-7,19H,8H2,1-5H3. The number of carbonyl (C=O) groups is 2. The number of thioether (sulfide) groups is 1. The molecule has 0 fully saturated rings. The number of aromatic nitrogens is 4. The van der Waals surface area contributed by atoms with Gasteiger partial charge in [0.1, 0.15) is 5.76 Å². The highest BCUT2D eigenvalue weighted by molar-refractivity contribution is 7.99. The van der Waals surface area contributed by atoms with Gasteiger partial charge in [0.25, 0.3) is 0 Å². The number of aromatic amines is 1. The topological polar surface area (TPSA) is 93.8 Å². The summed E-state index contributed by atoms with van der Waals surface area (Å²) in [4.78, 5) is 27.4. The Morgan fingerprint density at radius 3 is 2.58 bits per heavy atom. The highest BCUT2D eigenvalue weighted by Crippen LogP contribution is 2.27. The Kier molecular flexibility index (Phi) is 4.86. The molecule has 136 valence electrons. The van der Waals surface area contributed by atoms with Gasteiger partial charge in [0, 0.05) is 18.3 Å². The van der Waals surface area contributed by atoms with Crippen molar-refractivity contribution in [2.45, 2.75) is 32.9 Å². The third-order valence-corrected chi connectivity index (χ3v) is 5.36. The number of furan rings is 1. The smallest absolute Gasteiger partial charge is 0.191 e. The van der Waals surface area contributed by atoms with Gasteiger partial charge < -0.3 is 14.0 Å². The van der Waals surface area contributed by atoms with E-state index in [2.05, 4.69) is 15.2 Å². The molecule has 3 aromatic rings. The predicted octanol–water partition coefficient (Wildman–Crippen LogP) is 3.51. The molecule has 26 heavy (non-hydrogen) atoms. The Labute approximate surface area is 155 Å². The quantitative estimate of drug-likeness (QED) is 0.526. The van der Waals surface area contributed by atoms with E-state index >= 15 is 0 Å². The molecule has 0 saturated heterocycles. The van der Waals surface area contributed by atoms with Gasteiger partial charge >= 0.3 is 0 Å². The van der Waals surface area contributed by atoms with Crippen molar-refractivity contribution in [2.24, 2.45) is 7.05 Å². The number of nitrogens with one attached hydrogen (secondary N) is 1. The average Bonchev–Trinajstić information content (AvgIpc) is 3.23. The number of hydrogen-bond donors (Lipinski definition) is 1. The lowest BCUT2D eigenvalue weighted by Crippen LogP contribution is -2.06. The molecule has 3 heterocycles. The van der Waals surface area contributed by atoms with Crippen molar-refractivity contribution >= 4 is 23.3 Å². The molecule has 0 spiro atoms. The van der Waals surface area contributed by atoms with Crippen LogP contribution in [0.5, 0.6) is 0 Å². The fraction of sp³-hybridized carbons (Fsp3) is 0.333. The summed E-state index contributed by atoms with van der Waals surface area (Å²) in [5.41, 5.74) is 3.37. The molecule has 3 rings (SSSR count). The van der Waals surface area contributed by atoms with Gasteiger partial charge in [-0.1, -0.05) is 11.8 Å². The largest absolute Gasteiger partial charge is 0.469 e. The van der Waals surface area contributed by atoms with Gasteiger partial charge in [-0.25, -0.2) is 0 Å². The highest BCUT2D eigenvalue weighted by Gasteiger charge is 2.21. The fourth-order valence-electron chi connectivity index (χ4n) is 3.05. The Bertz CT molecular complexity index is 996. The second-order valence-electron chi connectivity index (χ2n) is 6.15. The van der Waals surface area contributed by atoms with Crippen LogP contribution in [0.4, 0.5) is 0 Å².